The number of piperidine rings is 1. The molecular weight excluding hydrogens is 392 g/mol. The summed E-state index contributed by atoms with van der Waals surface area (Å²) in [4.78, 5) is 12.7. The molecule has 144 valence electrons. The van der Waals surface area contributed by atoms with Crippen molar-refractivity contribution in [3.8, 4) is 5.75 Å². The number of benzene rings is 1. The first kappa shape index (κ1) is 18.6. The van der Waals surface area contributed by atoms with Crippen molar-refractivity contribution in [2.75, 3.05) is 13.1 Å². The number of fused-ring (bicyclic) bond motifs is 1. The minimum absolute atomic E-state index is 0.00468. The third kappa shape index (κ3) is 3.10. The Hall–Kier alpha value is -1.74. The normalized spacial score (nSPS) is 21.6. The van der Waals surface area contributed by atoms with Crippen molar-refractivity contribution in [3.63, 3.8) is 0 Å². The molecule has 1 unspecified atom stereocenters. The van der Waals surface area contributed by atoms with Crippen LogP contribution in [0.2, 0.25) is 5.02 Å². The van der Waals surface area contributed by atoms with E-state index in [9.17, 15) is 13.6 Å². The topological polar surface area (TPSA) is 95.7 Å². The van der Waals surface area contributed by atoms with Crippen LogP contribution in [0.3, 0.4) is 0 Å². The van der Waals surface area contributed by atoms with E-state index in [1.165, 1.54) is 4.31 Å². The molecule has 1 aromatic carbocycles. The molecule has 1 fully saturated rings. The predicted octanol–water partition coefficient (Wildman–Crippen LogP) is 3.35. The number of carbonyl (C=O) groups is 1. The molecule has 0 aliphatic carbocycles. The van der Waals surface area contributed by atoms with Crippen molar-refractivity contribution in [2.45, 2.75) is 43.6 Å². The summed E-state index contributed by atoms with van der Waals surface area (Å²) < 4.78 is 38.5. The van der Waals surface area contributed by atoms with Gasteiger partial charge in [0.05, 0.1) is 12.0 Å². The lowest BCUT2D eigenvalue weighted by atomic mass is 9.83. The minimum atomic E-state index is -3.70. The number of aromatic nitrogens is 1. The van der Waals surface area contributed by atoms with Gasteiger partial charge in [-0.25, -0.2) is 0 Å². The van der Waals surface area contributed by atoms with Crippen LogP contribution in [0.5, 0.6) is 5.75 Å². The van der Waals surface area contributed by atoms with Gasteiger partial charge in [-0.05, 0) is 25.1 Å². The van der Waals surface area contributed by atoms with Crippen LogP contribution in [0.4, 0.5) is 0 Å². The van der Waals surface area contributed by atoms with Crippen molar-refractivity contribution in [1.82, 2.24) is 9.46 Å². The molecule has 0 amide bonds. The van der Waals surface area contributed by atoms with E-state index in [1.54, 1.807) is 32.0 Å². The van der Waals surface area contributed by atoms with Crippen molar-refractivity contribution in [1.29, 1.82) is 0 Å². The number of hydrogen-bond donors (Lipinski definition) is 0. The molecule has 0 radical (unpaired) electrons. The lowest BCUT2D eigenvalue weighted by Gasteiger charge is -2.43. The Morgan fingerprint density at radius 3 is 2.63 bits per heavy atom. The van der Waals surface area contributed by atoms with E-state index >= 15 is 0 Å². The zero-order valence-corrected chi connectivity index (χ0v) is 16.6. The lowest BCUT2D eigenvalue weighted by Crippen LogP contribution is -2.53. The Morgan fingerprint density at radius 2 is 2.00 bits per heavy atom. The highest BCUT2D eigenvalue weighted by Crippen LogP contribution is 2.42. The van der Waals surface area contributed by atoms with Gasteiger partial charge in [0.15, 0.2) is 21.9 Å². The van der Waals surface area contributed by atoms with Gasteiger partial charge in [0.2, 0.25) is 4.90 Å². The van der Waals surface area contributed by atoms with Gasteiger partial charge >= 0.3 is 0 Å². The summed E-state index contributed by atoms with van der Waals surface area (Å²) in [5, 5.41) is 4.24. The molecule has 2 aliphatic rings. The maximum atomic E-state index is 13.0. The smallest absolute Gasteiger partial charge is 0.240 e. The van der Waals surface area contributed by atoms with Gasteiger partial charge in [-0.1, -0.05) is 21.0 Å². The number of aryl methyl sites for hydroxylation is 2. The molecule has 0 saturated carbocycles. The average molecular weight is 411 g/mol. The Morgan fingerprint density at radius 1 is 1.30 bits per heavy atom. The van der Waals surface area contributed by atoms with Gasteiger partial charge in [0.25, 0.3) is 0 Å². The Kier molecular flexibility index (Phi) is 4.42. The summed E-state index contributed by atoms with van der Waals surface area (Å²) in [5.41, 5.74) is 0.177. The van der Waals surface area contributed by atoms with E-state index in [-0.39, 0.29) is 35.9 Å². The SMILES string of the molecule is Cc1noc(C)c1[S+](=O)([O-])N1CCC2(CC1)CC(=O)c1ccc(Cl)cc1O2. The first-order valence-corrected chi connectivity index (χ1v) is 10.5. The van der Waals surface area contributed by atoms with Crippen LogP contribution in [-0.4, -0.2) is 38.5 Å². The highest BCUT2D eigenvalue weighted by Gasteiger charge is 2.47. The summed E-state index contributed by atoms with van der Waals surface area (Å²) in [7, 11) is -3.70. The van der Waals surface area contributed by atoms with Crippen LogP contribution in [0.25, 0.3) is 0 Å². The van der Waals surface area contributed by atoms with Crippen LogP contribution in [0.15, 0.2) is 27.6 Å². The largest absolute Gasteiger partial charge is 0.593 e. The molecule has 7 nitrogen and oxygen atoms in total. The van der Waals surface area contributed by atoms with E-state index in [2.05, 4.69) is 5.16 Å². The van der Waals surface area contributed by atoms with Crippen LogP contribution in [0, 0.1) is 13.8 Å². The van der Waals surface area contributed by atoms with E-state index in [1.807, 2.05) is 0 Å². The van der Waals surface area contributed by atoms with E-state index in [4.69, 9.17) is 20.9 Å². The molecule has 1 spiro atoms. The number of ether oxygens (including phenoxy) is 1. The summed E-state index contributed by atoms with van der Waals surface area (Å²) in [6, 6.07) is 4.98. The second kappa shape index (κ2) is 6.41. The molecule has 9 heteroatoms. The standard InChI is InChI=1S/C18H19ClN2O5S/c1-11-17(12(2)26-20-11)27(23,24)21-7-5-18(6-8-21)10-15(22)14-4-3-13(19)9-16(14)25-18/h3-4,9H,5-8,10H2,1-2H3. The molecule has 1 atom stereocenters. The van der Waals surface area contributed by atoms with Gasteiger partial charge in [-0.15, -0.1) is 4.31 Å². The maximum absolute atomic E-state index is 13.0. The summed E-state index contributed by atoms with van der Waals surface area (Å²) >= 11 is 6.03. The van der Waals surface area contributed by atoms with E-state index < -0.39 is 16.0 Å². The van der Waals surface area contributed by atoms with Crippen molar-refractivity contribution in [2.24, 2.45) is 0 Å². The number of carbonyl (C=O) groups excluding carboxylic acids is 1. The first-order chi connectivity index (χ1) is 12.7. The molecule has 1 aromatic heterocycles. The van der Waals surface area contributed by atoms with Crippen LogP contribution in [0.1, 0.15) is 41.1 Å². The molecule has 0 bridgehead atoms. The van der Waals surface area contributed by atoms with Crippen LogP contribution < -0.4 is 4.74 Å². The van der Waals surface area contributed by atoms with Gasteiger partial charge in [-0.2, -0.15) is 0 Å². The second-order valence-corrected chi connectivity index (χ2v) is 9.39. The monoisotopic (exact) mass is 410 g/mol. The van der Waals surface area contributed by atoms with E-state index in [0.29, 0.717) is 34.9 Å². The Bertz CT molecular complexity index is 945. The van der Waals surface area contributed by atoms with Gasteiger partial charge in [-0.3, -0.25) is 4.79 Å². The molecule has 1 saturated heterocycles. The van der Waals surface area contributed by atoms with Gasteiger partial charge in [0, 0.05) is 37.9 Å². The molecule has 0 N–H and O–H groups in total. The zero-order chi connectivity index (χ0) is 19.4. The molecule has 3 heterocycles. The zero-order valence-electron chi connectivity index (χ0n) is 15.0. The van der Waals surface area contributed by atoms with Crippen LogP contribution in [-0.2, 0) is 14.6 Å². The minimum Gasteiger partial charge on any atom is -0.593 e. The lowest BCUT2D eigenvalue weighted by molar-refractivity contribution is 0.00486. The molecule has 2 aromatic rings. The Balaban J connectivity index is 1.56. The van der Waals surface area contributed by atoms with Crippen molar-refractivity contribution >= 4 is 27.8 Å². The van der Waals surface area contributed by atoms with Crippen molar-refractivity contribution < 1.29 is 22.8 Å². The third-order valence-corrected chi connectivity index (χ3v) is 7.63. The number of Topliss-reactive ketones (excluding diaryl/α,β-unsaturated/α-hetero) is 1. The highest BCUT2D eigenvalue weighted by atomic mass is 35.5. The molecule has 2 aliphatic heterocycles. The second-order valence-electron chi connectivity index (χ2n) is 7.08. The molecule has 27 heavy (non-hydrogen) atoms. The fourth-order valence-corrected chi connectivity index (χ4v) is 5.75. The number of sulfonamides is 1. The number of ketones is 1. The van der Waals surface area contributed by atoms with Gasteiger partial charge in [0.1, 0.15) is 17.0 Å². The fourth-order valence-electron chi connectivity index (χ4n) is 3.85. The average Bonchev–Trinajstić information content (AvgIpc) is 2.94. The predicted molar refractivity (Wildman–Crippen MR) is 97.6 cm³/mol. The van der Waals surface area contributed by atoms with E-state index in [0.717, 1.165) is 0 Å². The van der Waals surface area contributed by atoms with Gasteiger partial charge < -0.3 is 13.8 Å². The summed E-state index contributed by atoms with van der Waals surface area (Å²) in [6.45, 7) is 3.71. The maximum Gasteiger partial charge on any atom is 0.240 e. The quantitative estimate of drug-likeness (QED) is 0.704. The number of nitrogens with zero attached hydrogens (tertiary/aromatic N) is 2. The summed E-state index contributed by atoms with van der Waals surface area (Å²) in [5.74, 6) is 0.746. The fraction of sp³-hybridized carbons (Fsp3) is 0.444. The molecular formula is C18H19ClN2O5S. The number of rotatable bonds is 2. The number of halogens is 1. The molecule has 4 rings (SSSR count). The highest BCUT2D eigenvalue weighted by molar-refractivity contribution is 7.95. The number of hydrogen-bond acceptors (Lipinski definition) is 6. The third-order valence-electron chi connectivity index (χ3n) is 5.25. The first-order valence-electron chi connectivity index (χ1n) is 8.67. The summed E-state index contributed by atoms with van der Waals surface area (Å²) in [6.07, 6.45) is 1.08. The van der Waals surface area contributed by atoms with Crippen molar-refractivity contribution in [3.05, 3.63) is 40.2 Å². The Labute approximate surface area is 163 Å². The van der Waals surface area contributed by atoms with Crippen LogP contribution >= 0.6 is 11.6 Å².